The van der Waals surface area contributed by atoms with Gasteiger partial charge >= 0.3 is 12.1 Å². The summed E-state index contributed by atoms with van der Waals surface area (Å²) < 4.78 is 5.77. The molecule has 0 aliphatic rings. The first-order valence-electron chi connectivity index (χ1n) is 10.2. The van der Waals surface area contributed by atoms with E-state index in [1.54, 1.807) is 30.9 Å². The van der Waals surface area contributed by atoms with Crippen LogP contribution in [-0.4, -0.2) is 33.7 Å². The van der Waals surface area contributed by atoms with Crippen LogP contribution in [0.25, 0.3) is 6.08 Å². The molecule has 0 radical (unpaired) electrons. The second-order valence-electron chi connectivity index (χ2n) is 6.94. The Morgan fingerprint density at radius 2 is 1.93 bits per heavy atom. The van der Waals surface area contributed by atoms with Crippen molar-refractivity contribution in [2.24, 2.45) is 0 Å². The van der Waals surface area contributed by atoms with E-state index in [2.05, 4.69) is 28.8 Å². The number of pyridine rings is 2. The number of carboxylic acid groups (broad SMARTS) is 1. The number of unbranched alkanes of at least 4 members (excludes halogenated alkanes) is 2. The lowest BCUT2D eigenvalue weighted by Gasteiger charge is -2.21. The second kappa shape index (κ2) is 12.4. The van der Waals surface area contributed by atoms with Crippen LogP contribution in [0.4, 0.5) is 4.79 Å². The van der Waals surface area contributed by atoms with Crippen LogP contribution in [0, 0.1) is 0 Å². The Morgan fingerprint density at radius 3 is 2.67 bits per heavy atom. The van der Waals surface area contributed by atoms with Gasteiger partial charge in [-0.2, -0.15) is 0 Å². The fraction of sp³-hybridized carbons (Fsp3) is 0.391. The van der Waals surface area contributed by atoms with Crippen molar-refractivity contribution in [3.8, 4) is 0 Å². The summed E-state index contributed by atoms with van der Waals surface area (Å²) in [5.74, 6) is -0.804. The minimum absolute atomic E-state index is 0.142. The highest BCUT2D eigenvalue weighted by Crippen LogP contribution is 2.27. The van der Waals surface area contributed by atoms with Gasteiger partial charge in [0.25, 0.3) is 0 Å². The maximum absolute atomic E-state index is 12.4. The van der Waals surface area contributed by atoms with E-state index in [0.29, 0.717) is 25.8 Å². The van der Waals surface area contributed by atoms with E-state index in [-0.39, 0.29) is 6.42 Å². The van der Waals surface area contributed by atoms with Crippen LogP contribution in [0.5, 0.6) is 0 Å². The zero-order valence-electron chi connectivity index (χ0n) is 17.3. The summed E-state index contributed by atoms with van der Waals surface area (Å²) in [6.07, 6.45) is 11.1. The lowest BCUT2D eigenvalue weighted by atomic mass is 9.96. The van der Waals surface area contributed by atoms with Crippen LogP contribution in [-0.2, 0) is 22.4 Å². The molecule has 2 aromatic heterocycles. The van der Waals surface area contributed by atoms with Crippen molar-refractivity contribution >= 4 is 18.1 Å². The second-order valence-corrected chi connectivity index (χ2v) is 6.94. The molecule has 1 amide bonds. The van der Waals surface area contributed by atoms with E-state index in [1.165, 1.54) is 0 Å². The Morgan fingerprint density at radius 1 is 1.17 bits per heavy atom. The summed E-state index contributed by atoms with van der Waals surface area (Å²) in [4.78, 5) is 31.4. The van der Waals surface area contributed by atoms with E-state index >= 15 is 0 Å². The highest BCUT2D eigenvalue weighted by molar-refractivity contribution is 5.68. The van der Waals surface area contributed by atoms with Gasteiger partial charge in [-0.25, -0.2) is 4.79 Å². The summed E-state index contributed by atoms with van der Waals surface area (Å²) in [7, 11) is 0. The first kappa shape index (κ1) is 23.1. The molecule has 0 bridgehead atoms. The van der Waals surface area contributed by atoms with E-state index < -0.39 is 18.2 Å². The minimum atomic E-state index is -0.804. The molecule has 1 atom stereocenters. The van der Waals surface area contributed by atoms with Gasteiger partial charge in [-0.15, -0.1) is 0 Å². The number of amides is 1. The number of aliphatic carboxylic acids is 1. The summed E-state index contributed by atoms with van der Waals surface area (Å²) in [5, 5.41) is 11.4. The Labute approximate surface area is 177 Å². The molecule has 2 heterocycles. The zero-order valence-corrected chi connectivity index (χ0v) is 17.3. The van der Waals surface area contributed by atoms with Crippen molar-refractivity contribution in [2.45, 2.75) is 51.6 Å². The topological polar surface area (TPSA) is 101 Å². The number of alkyl carbamates (subject to hydrolysis) is 1. The Hall–Kier alpha value is -3.22. The molecule has 7 nitrogen and oxygen atoms in total. The fourth-order valence-electron chi connectivity index (χ4n) is 3.21. The van der Waals surface area contributed by atoms with Gasteiger partial charge < -0.3 is 15.2 Å². The Bertz CT molecular complexity index is 854. The number of aryl methyl sites for hydroxylation is 1. The Kier molecular flexibility index (Phi) is 9.51. The fourth-order valence-corrected chi connectivity index (χ4v) is 3.21. The standard InChI is InChI=1S/C23H29N3O4/c1-3-17-9-12-24-15-19(17)14-21(20-16-25-13-10-18(20)4-2)30-23(29)26-11-7-5-6-8-22(27)28/h4,9-10,12-13,15-16,21H,2-3,5-8,11,14H2,1H3,(H,26,29)(H,27,28). The number of nitrogens with one attached hydrogen (secondary N) is 1. The SMILES string of the molecule is C=Cc1ccncc1C(Cc1cnccc1CC)OC(=O)NCCCCCC(=O)O. The van der Waals surface area contributed by atoms with E-state index in [1.807, 2.05) is 12.1 Å². The predicted molar refractivity (Wildman–Crippen MR) is 115 cm³/mol. The monoisotopic (exact) mass is 411 g/mol. The van der Waals surface area contributed by atoms with Crippen LogP contribution >= 0.6 is 0 Å². The maximum Gasteiger partial charge on any atom is 0.407 e. The molecule has 0 saturated carbocycles. The quantitative estimate of drug-likeness (QED) is 0.504. The molecular formula is C23H29N3O4. The highest BCUT2D eigenvalue weighted by atomic mass is 16.6. The smallest absolute Gasteiger partial charge is 0.407 e. The van der Waals surface area contributed by atoms with Crippen molar-refractivity contribution in [1.82, 2.24) is 15.3 Å². The number of rotatable bonds is 12. The van der Waals surface area contributed by atoms with Gasteiger partial charge in [0, 0.05) is 49.7 Å². The van der Waals surface area contributed by atoms with Crippen LogP contribution < -0.4 is 5.32 Å². The maximum atomic E-state index is 12.4. The molecule has 7 heteroatoms. The predicted octanol–water partition coefficient (Wildman–Crippen LogP) is 4.34. The van der Waals surface area contributed by atoms with Crippen LogP contribution in [0.2, 0.25) is 0 Å². The van der Waals surface area contributed by atoms with Crippen molar-refractivity contribution in [2.75, 3.05) is 6.54 Å². The number of ether oxygens (including phenoxy) is 1. The molecule has 2 rings (SSSR count). The highest BCUT2D eigenvalue weighted by Gasteiger charge is 2.21. The number of carbonyl (C=O) groups excluding carboxylic acids is 1. The number of aromatic nitrogens is 2. The van der Waals surface area contributed by atoms with Crippen molar-refractivity contribution < 1.29 is 19.4 Å². The van der Waals surface area contributed by atoms with Crippen LogP contribution in [0.3, 0.4) is 0 Å². The molecular weight excluding hydrogens is 382 g/mol. The number of hydrogen-bond acceptors (Lipinski definition) is 5. The van der Waals surface area contributed by atoms with Gasteiger partial charge in [0.1, 0.15) is 6.10 Å². The van der Waals surface area contributed by atoms with Gasteiger partial charge in [0.2, 0.25) is 0 Å². The van der Waals surface area contributed by atoms with Crippen LogP contribution in [0.1, 0.15) is 61.0 Å². The third-order valence-electron chi connectivity index (χ3n) is 4.83. The zero-order chi connectivity index (χ0) is 21.8. The number of carbonyl (C=O) groups is 2. The number of nitrogens with zero attached hydrogens (tertiary/aromatic N) is 2. The molecule has 0 aromatic carbocycles. The van der Waals surface area contributed by atoms with Gasteiger partial charge in [-0.05, 0) is 48.1 Å². The molecule has 2 aromatic rings. The van der Waals surface area contributed by atoms with Crippen molar-refractivity contribution in [1.29, 1.82) is 0 Å². The average Bonchev–Trinajstić information content (AvgIpc) is 2.75. The molecule has 2 N–H and O–H groups in total. The lowest BCUT2D eigenvalue weighted by molar-refractivity contribution is -0.137. The molecule has 30 heavy (non-hydrogen) atoms. The molecule has 1 unspecified atom stereocenters. The summed E-state index contributed by atoms with van der Waals surface area (Å²) >= 11 is 0. The third-order valence-corrected chi connectivity index (χ3v) is 4.83. The normalized spacial score (nSPS) is 11.5. The van der Waals surface area contributed by atoms with E-state index in [9.17, 15) is 9.59 Å². The molecule has 0 fully saturated rings. The average molecular weight is 412 g/mol. The summed E-state index contributed by atoms with van der Waals surface area (Å²) in [6, 6.07) is 3.81. The van der Waals surface area contributed by atoms with Gasteiger partial charge in [-0.1, -0.05) is 26.0 Å². The first-order chi connectivity index (χ1) is 14.5. The van der Waals surface area contributed by atoms with Gasteiger partial charge in [0.15, 0.2) is 0 Å². The van der Waals surface area contributed by atoms with Gasteiger partial charge in [-0.3, -0.25) is 14.8 Å². The first-order valence-corrected chi connectivity index (χ1v) is 10.2. The van der Waals surface area contributed by atoms with Crippen molar-refractivity contribution in [3.63, 3.8) is 0 Å². The number of carboxylic acids is 1. The molecule has 0 aliphatic carbocycles. The summed E-state index contributed by atoms with van der Waals surface area (Å²) in [5.41, 5.74) is 3.82. The lowest BCUT2D eigenvalue weighted by Crippen LogP contribution is -2.28. The minimum Gasteiger partial charge on any atom is -0.481 e. The van der Waals surface area contributed by atoms with Gasteiger partial charge in [0.05, 0.1) is 0 Å². The molecule has 0 spiro atoms. The van der Waals surface area contributed by atoms with Crippen LogP contribution in [0.15, 0.2) is 43.5 Å². The molecule has 0 saturated heterocycles. The molecule has 0 aliphatic heterocycles. The van der Waals surface area contributed by atoms with E-state index in [0.717, 1.165) is 35.1 Å². The third kappa shape index (κ3) is 7.31. The van der Waals surface area contributed by atoms with E-state index in [4.69, 9.17) is 9.84 Å². The number of hydrogen-bond donors (Lipinski definition) is 2. The summed E-state index contributed by atoms with van der Waals surface area (Å²) in [6.45, 7) is 6.35. The largest absolute Gasteiger partial charge is 0.481 e. The Balaban J connectivity index is 2.05. The van der Waals surface area contributed by atoms with Crippen molar-refractivity contribution in [3.05, 3.63) is 65.8 Å². The molecule has 160 valence electrons.